The van der Waals surface area contributed by atoms with Gasteiger partial charge in [-0.15, -0.1) is 0 Å². The molecule has 0 amide bonds. The first-order valence-corrected chi connectivity index (χ1v) is 5.82. The molecule has 5 heteroatoms. The Bertz CT molecular complexity index is 505. The molecule has 0 aliphatic heterocycles. The van der Waals surface area contributed by atoms with Gasteiger partial charge in [-0.1, -0.05) is 41.9 Å². The molecule has 2 aromatic rings. The molecule has 17 heavy (non-hydrogen) atoms. The first kappa shape index (κ1) is 12.1. The van der Waals surface area contributed by atoms with Crippen LogP contribution < -0.4 is 4.74 Å². The lowest BCUT2D eigenvalue weighted by Crippen LogP contribution is -2.05. The van der Waals surface area contributed by atoms with Gasteiger partial charge in [-0.05, 0) is 24.1 Å². The number of hydrogen-bond acceptors (Lipinski definition) is 3. The molecule has 1 atom stereocenters. The van der Waals surface area contributed by atoms with Gasteiger partial charge in [-0.3, -0.25) is 0 Å². The van der Waals surface area contributed by atoms with Crippen molar-refractivity contribution in [3.8, 4) is 5.88 Å². The highest BCUT2D eigenvalue weighted by molar-refractivity contribution is 6.32. The summed E-state index contributed by atoms with van der Waals surface area (Å²) in [5.41, 5.74) is 1.04. The van der Waals surface area contributed by atoms with Gasteiger partial charge in [0.1, 0.15) is 11.1 Å². The maximum atomic E-state index is 5.92. The Labute approximate surface area is 109 Å². The summed E-state index contributed by atoms with van der Waals surface area (Å²) >= 11 is 11.6. The third-order valence-electron chi connectivity index (χ3n) is 2.24. The van der Waals surface area contributed by atoms with E-state index >= 15 is 0 Å². The Balaban J connectivity index is 2.18. The van der Waals surface area contributed by atoms with Crippen LogP contribution in [0.1, 0.15) is 18.6 Å². The molecule has 0 bridgehead atoms. The molecular weight excluding hydrogens is 259 g/mol. The number of hydrogen-bond donors (Lipinski definition) is 0. The van der Waals surface area contributed by atoms with Crippen molar-refractivity contribution < 1.29 is 4.74 Å². The van der Waals surface area contributed by atoms with Crippen molar-refractivity contribution in [1.29, 1.82) is 0 Å². The van der Waals surface area contributed by atoms with Gasteiger partial charge in [-0.25, -0.2) is 4.98 Å². The average molecular weight is 269 g/mol. The normalized spacial score (nSPS) is 12.2. The molecule has 0 saturated carbocycles. The monoisotopic (exact) mass is 268 g/mol. The number of halogens is 2. The molecule has 0 aliphatic rings. The lowest BCUT2D eigenvalue weighted by molar-refractivity contribution is 0.217. The molecular formula is C12H10Cl2N2O. The van der Waals surface area contributed by atoms with E-state index in [1.54, 1.807) is 0 Å². The number of ether oxygens (including phenoxy) is 1. The van der Waals surface area contributed by atoms with Crippen molar-refractivity contribution in [1.82, 2.24) is 9.97 Å². The number of nitrogens with zero attached hydrogens (tertiary/aromatic N) is 2. The molecule has 0 fully saturated rings. The highest BCUT2D eigenvalue weighted by atomic mass is 35.5. The Morgan fingerprint density at radius 1 is 1.18 bits per heavy atom. The van der Waals surface area contributed by atoms with E-state index in [1.165, 1.54) is 6.20 Å². The zero-order valence-corrected chi connectivity index (χ0v) is 10.6. The van der Waals surface area contributed by atoms with E-state index < -0.39 is 0 Å². The van der Waals surface area contributed by atoms with E-state index in [-0.39, 0.29) is 11.4 Å². The summed E-state index contributed by atoms with van der Waals surface area (Å²) in [6.07, 6.45) is 1.27. The Hall–Kier alpha value is -1.32. The minimum absolute atomic E-state index is 0.115. The zero-order valence-electron chi connectivity index (χ0n) is 9.10. The Morgan fingerprint density at radius 2 is 1.88 bits per heavy atom. The topological polar surface area (TPSA) is 35.0 Å². The number of benzene rings is 1. The van der Waals surface area contributed by atoms with Crippen molar-refractivity contribution in [2.75, 3.05) is 0 Å². The van der Waals surface area contributed by atoms with Crippen LogP contribution in [-0.2, 0) is 0 Å². The summed E-state index contributed by atoms with van der Waals surface area (Å²) in [4.78, 5) is 7.70. The Morgan fingerprint density at radius 3 is 2.59 bits per heavy atom. The predicted octanol–water partition coefficient (Wildman–Crippen LogP) is 3.92. The van der Waals surface area contributed by atoms with Gasteiger partial charge in [0.25, 0.3) is 0 Å². The van der Waals surface area contributed by atoms with Gasteiger partial charge in [0.05, 0.1) is 6.20 Å². The van der Waals surface area contributed by atoms with Crippen LogP contribution in [0, 0.1) is 0 Å². The van der Waals surface area contributed by atoms with Crippen LogP contribution in [0.3, 0.4) is 0 Å². The molecule has 1 heterocycles. The highest BCUT2D eigenvalue weighted by Gasteiger charge is 2.11. The fourth-order valence-electron chi connectivity index (χ4n) is 1.37. The number of rotatable bonds is 3. The van der Waals surface area contributed by atoms with Gasteiger partial charge in [0.2, 0.25) is 11.2 Å². The van der Waals surface area contributed by atoms with E-state index in [0.717, 1.165) is 5.56 Å². The molecule has 1 aromatic carbocycles. The summed E-state index contributed by atoms with van der Waals surface area (Å²) in [5.74, 6) is 0.294. The van der Waals surface area contributed by atoms with Crippen molar-refractivity contribution >= 4 is 23.2 Å². The molecule has 3 nitrogen and oxygen atoms in total. The van der Waals surface area contributed by atoms with Gasteiger partial charge in [0.15, 0.2) is 0 Å². The molecule has 0 radical (unpaired) electrons. The molecule has 1 unspecified atom stereocenters. The fraction of sp³-hybridized carbons (Fsp3) is 0.167. The fourth-order valence-corrected chi connectivity index (χ4v) is 1.63. The van der Waals surface area contributed by atoms with Gasteiger partial charge in [0, 0.05) is 0 Å². The van der Waals surface area contributed by atoms with E-state index in [4.69, 9.17) is 27.9 Å². The van der Waals surface area contributed by atoms with Crippen LogP contribution >= 0.6 is 23.2 Å². The molecule has 88 valence electrons. The van der Waals surface area contributed by atoms with E-state index in [0.29, 0.717) is 10.9 Å². The number of aromatic nitrogens is 2. The summed E-state index contributed by atoms with van der Waals surface area (Å²) in [6.45, 7) is 1.92. The minimum Gasteiger partial charge on any atom is -0.469 e. The summed E-state index contributed by atoms with van der Waals surface area (Å²) in [7, 11) is 0. The second-order valence-electron chi connectivity index (χ2n) is 3.46. The van der Waals surface area contributed by atoms with Gasteiger partial charge >= 0.3 is 0 Å². The van der Waals surface area contributed by atoms with Crippen LogP contribution in [0.25, 0.3) is 0 Å². The predicted molar refractivity (Wildman–Crippen MR) is 67.5 cm³/mol. The SMILES string of the molecule is CC(Oc1nc(Cl)ncc1Cl)c1ccccc1. The Kier molecular flexibility index (Phi) is 3.82. The summed E-state index contributed by atoms with van der Waals surface area (Å²) in [5, 5.41) is 0.460. The second kappa shape index (κ2) is 5.34. The lowest BCUT2D eigenvalue weighted by Gasteiger charge is -2.14. The van der Waals surface area contributed by atoms with Crippen LogP contribution in [0.2, 0.25) is 10.3 Å². The zero-order chi connectivity index (χ0) is 12.3. The highest BCUT2D eigenvalue weighted by Crippen LogP contribution is 2.27. The van der Waals surface area contributed by atoms with E-state index in [1.807, 2.05) is 37.3 Å². The van der Waals surface area contributed by atoms with Crippen molar-refractivity contribution in [2.24, 2.45) is 0 Å². The quantitative estimate of drug-likeness (QED) is 0.792. The summed E-state index contributed by atoms with van der Waals surface area (Å²) < 4.78 is 5.64. The van der Waals surface area contributed by atoms with Crippen molar-refractivity contribution in [3.05, 3.63) is 52.4 Å². The van der Waals surface area contributed by atoms with Crippen LogP contribution in [0.4, 0.5) is 0 Å². The molecule has 0 saturated heterocycles. The maximum Gasteiger partial charge on any atom is 0.237 e. The lowest BCUT2D eigenvalue weighted by atomic mass is 10.1. The van der Waals surface area contributed by atoms with E-state index in [9.17, 15) is 0 Å². The maximum absolute atomic E-state index is 5.92. The third-order valence-corrected chi connectivity index (χ3v) is 2.68. The van der Waals surface area contributed by atoms with E-state index in [2.05, 4.69) is 9.97 Å². The van der Waals surface area contributed by atoms with Crippen LogP contribution in [0.15, 0.2) is 36.5 Å². The molecule has 2 rings (SSSR count). The summed E-state index contributed by atoms with van der Waals surface area (Å²) in [6, 6.07) is 9.79. The second-order valence-corrected chi connectivity index (χ2v) is 4.21. The van der Waals surface area contributed by atoms with Crippen LogP contribution in [0.5, 0.6) is 5.88 Å². The molecule has 0 N–H and O–H groups in total. The smallest absolute Gasteiger partial charge is 0.237 e. The third kappa shape index (κ3) is 3.08. The first-order valence-electron chi connectivity index (χ1n) is 5.06. The molecule has 1 aromatic heterocycles. The van der Waals surface area contributed by atoms with Gasteiger partial charge in [-0.2, -0.15) is 4.98 Å². The minimum atomic E-state index is -0.153. The first-order chi connectivity index (χ1) is 8.16. The van der Waals surface area contributed by atoms with Crippen molar-refractivity contribution in [3.63, 3.8) is 0 Å². The van der Waals surface area contributed by atoms with Crippen molar-refractivity contribution in [2.45, 2.75) is 13.0 Å². The average Bonchev–Trinajstić information content (AvgIpc) is 2.35. The standard InChI is InChI=1S/C12H10Cl2N2O/c1-8(9-5-3-2-4-6-9)17-11-10(13)7-15-12(14)16-11/h2-8H,1H3. The van der Waals surface area contributed by atoms with Crippen LogP contribution in [-0.4, -0.2) is 9.97 Å². The molecule has 0 spiro atoms. The largest absolute Gasteiger partial charge is 0.469 e. The molecule has 0 aliphatic carbocycles. The van der Waals surface area contributed by atoms with Gasteiger partial charge < -0.3 is 4.74 Å².